The molecule has 102 valence electrons. The topological polar surface area (TPSA) is 100 Å². The van der Waals surface area contributed by atoms with Gasteiger partial charge >= 0.3 is 59.1 Å². The van der Waals surface area contributed by atoms with Crippen LogP contribution in [0, 0.1) is 11.8 Å². The molecule has 0 aliphatic heterocycles. The summed E-state index contributed by atoms with van der Waals surface area (Å²) in [5.74, 6) is -3.69. The van der Waals surface area contributed by atoms with Crippen LogP contribution in [0.5, 0.6) is 0 Å². The first-order valence-electron chi connectivity index (χ1n) is 6.19. The van der Waals surface area contributed by atoms with E-state index in [0.29, 0.717) is 25.7 Å². The predicted octanol–water partition coefficient (Wildman–Crippen LogP) is -7.00. The Kier molecular flexibility index (Phi) is 11.9. The molecule has 0 aromatic heterocycles. The van der Waals surface area contributed by atoms with Crippen LogP contribution in [0.25, 0.3) is 0 Å². The SMILES string of the molecule is CC(C)C(C(=O)[O-])=C(C(=O)[O-])[C@H]1CC[C@H](O)CC1.[Na+].[Na+]. The zero-order chi connectivity index (χ0) is 13.9. The van der Waals surface area contributed by atoms with E-state index in [-0.39, 0.29) is 76.2 Å². The summed E-state index contributed by atoms with van der Waals surface area (Å²) in [4.78, 5) is 22.3. The summed E-state index contributed by atoms with van der Waals surface area (Å²) in [5.41, 5.74) is -0.340. The third-order valence-corrected chi connectivity index (χ3v) is 3.41. The molecule has 0 amide bonds. The summed E-state index contributed by atoms with van der Waals surface area (Å²) in [5, 5.41) is 31.7. The van der Waals surface area contributed by atoms with Gasteiger partial charge in [0.05, 0.1) is 18.0 Å². The van der Waals surface area contributed by atoms with Crippen LogP contribution in [-0.4, -0.2) is 23.1 Å². The number of carbonyl (C=O) groups excluding carboxylic acids is 2. The Balaban J connectivity index is 0. The Morgan fingerprint density at radius 2 is 1.45 bits per heavy atom. The summed E-state index contributed by atoms with van der Waals surface area (Å²) in [6, 6.07) is 0. The molecule has 0 heterocycles. The molecule has 1 rings (SSSR count). The van der Waals surface area contributed by atoms with Gasteiger partial charge in [0, 0.05) is 0 Å². The summed E-state index contributed by atoms with van der Waals surface area (Å²) >= 11 is 0. The number of aliphatic hydroxyl groups is 1. The molecule has 0 spiro atoms. The number of aliphatic carboxylic acids is 2. The predicted molar refractivity (Wildman–Crippen MR) is 59.8 cm³/mol. The van der Waals surface area contributed by atoms with Crippen molar-refractivity contribution in [1.29, 1.82) is 0 Å². The molecule has 5 nitrogen and oxygen atoms in total. The van der Waals surface area contributed by atoms with Gasteiger partial charge in [-0.05, 0) is 48.7 Å². The van der Waals surface area contributed by atoms with Crippen molar-refractivity contribution >= 4 is 11.9 Å². The van der Waals surface area contributed by atoms with Gasteiger partial charge in [-0.1, -0.05) is 13.8 Å². The van der Waals surface area contributed by atoms with Crippen LogP contribution in [0.1, 0.15) is 39.5 Å². The quantitative estimate of drug-likeness (QED) is 0.411. The maximum absolute atomic E-state index is 11.2. The van der Waals surface area contributed by atoms with Gasteiger partial charge in [-0.15, -0.1) is 0 Å². The van der Waals surface area contributed by atoms with E-state index in [0.717, 1.165) is 0 Å². The molecule has 20 heavy (non-hydrogen) atoms. The van der Waals surface area contributed by atoms with Crippen molar-refractivity contribution in [2.24, 2.45) is 11.8 Å². The number of rotatable bonds is 4. The van der Waals surface area contributed by atoms with Gasteiger partial charge in [0.25, 0.3) is 0 Å². The van der Waals surface area contributed by atoms with Crippen molar-refractivity contribution in [2.45, 2.75) is 45.6 Å². The van der Waals surface area contributed by atoms with Crippen molar-refractivity contribution < 1.29 is 84.0 Å². The van der Waals surface area contributed by atoms with Crippen LogP contribution in [0.15, 0.2) is 11.1 Å². The second-order valence-corrected chi connectivity index (χ2v) is 5.06. The molecule has 7 heteroatoms. The molecular formula is C13H18Na2O5. The van der Waals surface area contributed by atoms with Crippen LogP contribution in [0.3, 0.4) is 0 Å². The fourth-order valence-electron chi connectivity index (χ4n) is 2.52. The smallest absolute Gasteiger partial charge is 0.545 e. The second kappa shape index (κ2) is 10.4. The van der Waals surface area contributed by atoms with Crippen molar-refractivity contribution in [3.05, 3.63) is 11.1 Å². The molecule has 0 unspecified atom stereocenters. The average Bonchev–Trinajstić information content (AvgIpc) is 2.25. The minimum absolute atomic E-state index is 0. The number of carbonyl (C=O) groups is 2. The Labute approximate surface area is 163 Å². The van der Waals surface area contributed by atoms with Crippen LogP contribution in [0.4, 0.5) is 0 Å². The summed E-state index contributed by atoms with van der Waals surface area (Å²) < 4.78 is 0. The second-order valence-electron chi connectivity index (χ2n) is 5.06. The number of carboxylic acids is 2. The van der Waals surface area contributed by atoms with Gasteiger partial charge in [-0.2, -0.15) is 0 Å². The normalized spacial score (nSPS) is 23.2. The van der Waals surface area contributed by atoms with Crippen molar-refractivity contribution in [3.8, 4) is 0 Å². The van der Waals surface area contributed by atoms with Gasteiger partial charge in [-0.3, -0.25) is 0 Å². The molecule has 1 saturated carbocycles. The fourth-order valence-corrected chi connectivity index (χ4v) is 2.52. The number of aliphatic hydroxyl groups excluding tert-OH is 1. The van der Waals surface area contributed by atoms with E-state index in [1.165, 1.54) is 0 Å². The van der Waals surface area contributed by atoms with E-state index in [1.54, 1.807) is 13.8 Å². The number of carboxylic acid groups (broad SMARTS) is 2. The Bertz CT molecular complexity index is 371. The van der Waals surface area contributed by atoms with E-state index in [4.69, 9.17) is 0 Å². The molecule has 1 aliphatic carbocycles. The summed E-state index contributed by atoms with van der Waals surface area (Å²) in [7, 11) is 0. The van der Waals surface area contributed by atoms with E-state index >= 15 is 0 Å². The minimum atomic E-state index is -1.45. The van der Waals surface area contributed by atoms with E-state index in [9.17, 15) is 24.9 Å². The standard InChI is InChI=1S/C13H20O5.2Na/c1-7(2)10(12(15)16)11(13(17)18)8-3-5-9(14)6-4-8;;/h7-9,14H,3-6H2,1-2H3,(H,15,16)(H,17,18);;/q;2*+1/p-2/t8-,9-;;. The Hall–Kier alpha value is 0.640. The Morgan fingerprint density at radius 1 is 1.00 bits per heavy atom. The first kappa shape index (κ1) is 22.9. The molecule has 0 aromatic carbocycles. The first-order chi connectivity index (χ1) is 8.34. The van der Waals surface area contributed by atoms with Gasteiger partial charge in [-0.25, -0.2) is 0 Å². The van der Waals surface area contributed by atoms with Crippen molar-refractivity contribution in [1.82, 2.24) is 0 Å². The zero-order valence-electron chi connectivity index (χ0n) is 12.6. The van der Waals surface area contributed by atoms with E-state index in [1.807, 2.05) is 0 Å². The third kappa shape index (κ3) is 6.18. The van der Waals surface area contributed by atoms with Crippen molar-refractivity contribution in [3.63, 3.8) is 0 Å². The average molecular weight is 300 g/mol. The van der Waals surface area contributed by atoms with E-state index in [2.05, 4.69) is 0 Å². The number of hydrogen-bond donors (Lipinski definition) is 1. The van der Waals surface area contributed by atoms with Gasteiger partial charge < -0.3 is 24.9 Å². The molecule has 0 bridgehead atoms. The molecule has 1 fully saturated rings. The minimum Gasteiger partial charge on any atom is -0.545 e. The molecule has 0 atom stereocenters. The molecular weight excluding hydrogens is 282 g/mol. The maximum atomic E-state index is 11.2. The van der Waals surface area contributed by atoms with Gasteiger partial charge in [0.15, 0.2) is 0 Å². The zero-order valence-corrected chi connectivity index (χ0v) is 16.6. The van der Waals surface area contributed by atoms with Crippen LogP contribution >= 0.6 is 0 Å². The monoisotopic (exact) mass is 300 g/mol. The Morgan fingerprint density at radius 3 is 1.75 bits per heavy atom. The van der Waals surface area contributed by atoms with Crippen LogP contribution < -0.4 is 69.3 Å². The molecule has 1 N–H and O–H groups in total. The molecule has 1 aliphatic rings. The van der Waals surface area contributed by atoms with Crippen LogP contribution in [-0.2, 0) is 9.59 Å². The van der Waals surface area contributed by atoms with E-state index < -0.39 is 24.0 Å². The molecule has 0 saturated heterocycles. The number of hydrogen-bond acceptors (Lipinski definition) is 5. The maximum Gasteiger partial charge on any atom is 1.00 e. The van der Waals surface area contributed by atoms with Gasteiger partial charge in [0.1, 0.15) is 0 Å². The van der Waals surface area contributed by atoms with Crippen molar-refractivity contribution in [2.75, 3.05) is 0 Å². The third-order valence-electron chi connectivity index (χ3n) is 3.41. The molecule has 0 radical (unpaired) electrons. The van der Waals surface area contributed by atoms with Crippen LogP contribution in [0.2, 0.25) is 0 Å². The van der Waals surface area contributed by atoms with Gasteiger partial charge in [0.2, 0.25) is 0 Å². The summed E-state index contributed by atoms with van der Waals surface area (Å²) in [6.45, 7) is 3.23. The molecule has 0 aromatic rings. The summed E-state index contributed by atoms with van der Waals surface area (Å²) in [6.07, 6.45) is 1.48. The largest absolute Gasteiger partial charge is 1.00 e. The first-order valence-corrected chi connectivity index (χ1v) is 6.19. The fraction of sp³-hybridized carbons (Fsp3) is 0.692.